The molecular weight excluding hydrogens is 318 g/mol. The first-order valence-electron chi connectivity index (χ1n) is 6.58. The van der Waals surface area contributed by atoms with E-state index in [4.69, 9.17) is 4.74 Å². The summed E-state index contributed by atoms with van der Waals surface area (Å²) in [7, 11) is 0. The van der Waals surface area contributed by atoms with E-state index >= 15 is 0 Å². The van der Waals surface area contributed by atoms with Crippen LogP contribution in [0.5, 0.6) is 5.75 Å². The fourth-order valence-electron chi connectivity index (χ4n) is 1.80. The first kappa shape index (κ1) is 15.0. The van der Waals surface area contributed by atoms with Gasteiger partial charge >= 0.3 is 0 Å². The molecule has 0 saturated carbocycles. The molecule has 2 N–H and O–H groups in total. The summed E-state index contributed by atoms with van der Waals surface area (Å²) in [5, 5.41) is 13.1. The first-order chi connectivity index (χ1) is 9.75. The van der Waals surface area contributed by atoms with Crippen LogP contribution >= 0.6 is 15.9 Å². The van der Waals surface area contributed by atoms with Gasteiger partial charge in [-0.3, -0.25) is 0 Å². The van der Waals surface area contributed by atoms with Crippen LogP contribution in [0.1, 0.15) is 11.7 Å². The highest BCUT2D eigenvalue weighted by molar-refractivity contribution is 9.10. The molecule has 0 radical (unpaired) electrons. The summed E-state index contributed by atoms with van der Waals surface area (Å²) in [5.41, 5.74) is 0.925. The summed E-state index contributed by atoms with van der Waals surface area (Å²) >= 11 is 3.38. The largest absolute Gasteiger partial charge is 0.492 e. The van der Waals surface area contributed by atoms with Crippen LogP contribution in [0, 0.1) is 0 Å². The highest BCUT2D eigenvalue weighted by Crippen LogP contribution is 2.15. The normalized spacial score (nSPS) is 12.1. The molecule has 20 heavy (non-hydrogen) atoms. The minimum Gasteiger partial charge on any atom is -0.492 e. The van der Waals surface area contributed by atoms with E-state index in [1.54, 1.807) is 0 Å². The quantitative estimate of drug-likeness (QED) is 0.764. The lowest BCUT2D eigenvalue weighted by Crippen LogP contribution is -2.26. The Kier molecular flexibility index (Phi) is 6.05. The van der Waals surface area contributed by atoms with Gasteiger partial charge in [0.05, 0.1) is 6.10 Å². The van der Waals surface area contributed by atoms with Gasteiger partial charge in [-0.1, -0.05) is 46.3 Å². The van der Waals surface area contributed by atoms with Crippen LogP contribution < -0.4 is 10.1 Å². The van der Waals surface area contributed by atoms with Crippen molar-refractivity contribution in [3.63, 3.8) is 0 Å². The van der Waals surface area contributed by atoms with E-state index in [0.29, 0.717) is 19.7 Å². The molecule has 0 saturated heterocycles. The van der Waals surface area contributed by atoms with Crippen LogP contribution in [0.25, 0.3) is 0 Å². The SMILES string of the molecule is OC(CNCCOc1ccc(Br)cc1)c1ccccc1. The molecule has 2 aromatic rings. The Labute approximate surface area is 127 Å². The molecule has 1 atom stereocenters. The zero-order chi connectivity index (χ0) is 14.2. The van der Waals surface area contributed by atoms with E-state index < -0.39 is 6.10 Å². The number of aliphatic hydroxyl groups is 1. The molecule has 3 nitrogen and oxygen atoms in total. The Morgan fingerprint density at radius 1 is 1.05 bits per heavy atom. The van der Waals surface area contributed by atoms with Gasteiger partial charge in [-0.2, -0.15) is 0 Å². The number of rotatable bonds is 7. The topological polar surface area (TPSA) is 41.5 Å². The number of ether oxygens (including phenoxy) is 1. The van der Waals surface area contributed by atoms with Crippen molar-refractivity contribution in [3.8, 4) is 5.75 Å². The van der Waals surface area contributed by atoms with Crippen molar-refractivity contribution in [3.05, 3.63) is 64.6 Å². The van der Waals surface area contributed by atoms with Crippen LogP contribution in [0.4, 0.5) is 0 Å². The Balaban J connectivity index is 1.63. The Bertz CT molecular complexity index is 502. The van der Waals surface area contributed by atoms with Crippen LogP contribution in [-0.4, -0.2) is 24.8 Å². The first-order valence-corrected chi connectivity index (χ1v) is 7.37. The third-order valence-electron chi connectivity index (χ3n) is 2.88. The van der Waals surface area contributed by atoms with Gasteiger partial charge in [0, 0.05) is 17.6 Å². The second-order valence-electron chi connectivity index (χ2n) is 4.43. The lowest BCUT2D eigenvalue weighted by Gasteiger charge is -2.12. The molecule has 1 unspecified atom stereocenters. The maximum absolute atomic E-state index is 9.96. The van der Waals surface area contributed by atoms with Gasteiger partial charge < -0.3 is 15.2 Å². The van der Waals surface area contributed by atoms with E-state index in [0.717, 1.165) is 15.8 Å². The molecule has 0 amide bonds. The number of aliphatic hydroxyl groups excluding tert-OH is 1. The molecule has 0 aliphatic rings. The molecule has 2 aromatic carbocycles. The van der Waals surface area contributed by atoms with E-state index in [9.17, 15) is 5.11 Å². The molecule has 106 valence electrons. The van der Waals surface area contributed by atoms with E-state index in [2.05, 4.69) is 21.2 Å². The summed E-state index contributed by atoms with van der Waals surface area (Å²) in [6.07, 6.45) is -0.483. The van der Waals surface area contributed by atoms with Crippen LogP contribution in [0.15, 0.2) is 59.1 Å². The maximum atomic E-state index is 9.96. The molecule has 0 heterocycles. The number of benzene rings is 2. The molecule has 0 bridgehead atoms. The summed E-state index contributed by atoms with van der Waals surface area (Å²) in [6, 6.07) is 17.4. The van der Waals surface area contributed by atoms with Gasteiger partial charge in [0.2, 0.25) is 0 Å². The van der Waals surface area contributed by atoms with Gasteiger partial charge in [-0.05, 0) is 29.8 Å². The fourth-order valence-corrected chi connectivity index (χ4v) is 2.07. The second-order valence-corrected chi connectivity index (χ2v) is 5.35. The van der Waals surface area contributed by atoms with Crippen molar-refractivity contribution in [2.24, 2.45) is 0 Å². The molecule has 0 spiro atoms. The van der Waals surface area contributed by atoms with Crippen LogP contribution in [0.3, 0.4) is 0 Å². The van der Waals surface area contributed by atoms with Crippen molar-refractivity contribution in [2.45, 2.75) is 6.10 Å². The van der Waals surface area contributed by atoms with Crippen LogP contribution in [-0.2, 0) is 0 Å². The smallest absolute Gasteiger partial charge is 0.119 e. The van der Waals surface area contributed by atoms with Gasteiger partial charge in [-0.25, -0.2) is 0 Å². The predicted octanol–water partition coefficient (Wildman–Crippen LogP) is 3.15. The zero-order valence-corrected chi connectivity index (χ0v) is 12.7. The third kappa shape index (κ3) is 4.96. The molecule has 0 aliphatic heterocycles. The predicted molar refractivity (Wildman–Crippen MR) is 83.9 cm³/mol. The minimum absolute atomic E-state index is 0.483. The van der Waals surface area contributed by atoms with Gasteiger partial charge in [0.25, 0.3) is 0 Å². The summed E-state index contributed by atoms with van der Waals surface area (Å²) in [4.78, 5) is 0. The molecule has 0 aliphatic carbocycles. The standard InChI is InChI=1S/C16H18BrNO2/c17-14-6-8-15(9-7-14)20-11-10-18-12-16(19)13-4-2-1-3-5-13/h1-9,16,18-19H,10-12H2. The lowest BCUT2D eigenvalue weighted by molar-refractivity contribution is 0.172. The number of hydrogen-bond donors (Lipinski definition) is 2. The van der Waals surface area contributed by atoms with Crippen molar-refractivity contribution in [2.75, 3.05) is 19.7 Å². The minimum atomic E-state index is -0.483. The molecule has 0 aromatic heterocycles. The van der Waals surface area contributed by atoms with Crippen molar-refractivity contribution in [1.29, 1.82) is 0 Å². The summed E-state index contributed by atoms with van der Waals surface area (Å²) in [6.45, 7) is 1.79. The van der Waals surface area contributed by atoms with Crippen molar-refractivity contribution in [1.82, 2.24) is 5.32 Å². The summed E-state index contributed by atoms with van der Waals surface area (Å²) in [5.74, 6) is 0.846. The summed E-state index contributed by atoms with van der Waals surface area (Å²) < 4.78 is 6.62. The van der Waals surface area contributed by atoms with Crippen molar-refractivity contribution < 1.29 is 9.84 Å². The zero-order valence-electron chi connectivity index (χ0n) is 11.1. The lowest BCUT2D eigenvalue weighted by atomic mass is 10.1. The fraction of sp³-hybridized carbons (Fsp3) is 0.250. The van der Waals surface area contributed by atoms with Gasteiger partial charge in [0.15, 0.2) is 0 Å². The molecule has 4 heteroatoms. The third-order valence-corrected chi connectivity index (χ3v) is 3.41. The van der Waals surface area contributed by atoms with E-state index in [-0.39, 0.29) is 0 Å². The molecular formula is C16H18BrNO2. The Morgan fingerprint density at radius 2 is 1.75 bits per heavy atom. The number of nitrogens with one attached hydrogen (secondary N) is 1. The average Bonchev–Trinajstić information content (AvgIpc) is 2.49. The van der Waals surface area contributed by atoms with E-state index in [1.165, 1.54) is 0 Å². The Hall–Kier alpha value is -1.36. The van der Waals surface area contributed by atoms with Crippen LogP contribution in [0.2, 0.25) is 0 Å². The highest BCUT2D eigenvalue weighted by Gasteiger charge is 2.05. The number of hydrogen-bond acceptors (Lipinski definition) is 3. The molecule has 0 fully saturated rings. The second kappa shape index (κ2) is 8.04. The monoisotopic (exact) mass is 335 g/mol. The van der Waals surface area contributed by atoms with Gasteiger partial charge in [-0.15, -0.1) is 0 Å². The average molecular weight is 336 g/mol. The Morgan fingerprint density at radius 3 is 2.45 bits per heavy atom. The van der Waals surface area contributed by atoms with E-state index in [1.807, 2.05) is 54.6 Å². The maximum Gasteiger partial charge on any atom is 0.119 e. The van der Waals surface area contributed by atoms with Crippen molar-refractivity contribution >= 4 is 15.9 Å². The highest BCUT2D eigenvalue weighted by atomic mass is 79.9. The van der Waals surface area contributed by atoms with Gasteiger partial charge in [0.1, 0.15) is 12.4 Å². The number of halogens is 1. The molecule has 2 rings (SSSR count).